The second kappa shape index (κ2) is 6.10. The van der Waals surface area contributed by atoms with Crippen molar-refractivity contribution in [2.24, 2.45) is 0 Å². The van der Waals surface area contributed by atoms with Crippen LogP contribution in [0, 0.1) is 0 Å². The summed E-state index contributed by atoms with van der Waals surface area (Å²) in [5, 5.41) is 4.42. The first-order chi connectivity index (χ1) is 10.2. The molecule has 106 valence electrons. The van der Waals surface area contributed by atoms with Crippen molar-refractivity contribution >= 4 is 38.2 Å². The number of hydrogen-bond donors (Lipinski definition) is 2. The van der Waals surface area contributed by atoms with Crippen molar-refractivity contribution < 1.29 is 0 Å². The Morgan fingerprint density at radius 1 is 1.14 bits per heavy atom. The van der Waals surface area contributed by atoms with Crippen LogP contribution in [0.5, 0.6) is 0 Å². The number of pyridine rings is 2. The van der Waals surface area contributed by atoms with E-state index in [9.17, 15) is 0 Å². The summed E-state index contributed by atoms with van der Waals surface area (Å²) < 4.78 is 1.01. The Morgan fingerprint density at radius 3 is 2.86 bits per heavy atom. The minimum absolute atomic E-state index is 0.654. The summed E-state index contributed by atoms with van der Waals surface area (Å²) in [6.07, 6.45) is 4.35. The Bertz CT molecular complexity index is 754. The Kier molecular flexibility index (Phi) is 4.01. The Hall–Kier alpha value is -2.14. The van der Waals surface area contributed by atoms with Gasteiger partial charge in [-0.3, -0.25) is 9.97 Å². The van der Waals surface area contributed by atoms with Gasteiger partial charge in [-0.05, 0) is 30.3 Å². The van der Waals surface area contributed by atoms with E-state index in [-0.39, 0.29) is 0 Å². The molecular formula is C16H15BrN4. The Labute approximate surface area is 131 Å². The maximum absolute atomic E-state index is 6.06. The zero-order valence-electron chi connectivity index (χ0n) is 11.4. The number of anilines is 2. The molecule has 0 aliphatic heterocycles. The van der Waals surface area contributed by atoms with E-state index < -0.39 is 0 Å². The molecule has 0 saturated heterocycles. The summed E-state index contributed by atoms with van der Waals surface area (Å²) in [7, 11) is 0. The van der Waals surface area contributed by atoms with Gasteiger partial charge in [-0.25, -0.2) is 0 Å². The highest BCUT2D eigenvalue weighted by molar-refractivity contribution is 9.10. The average molecular weight is 343 g/mol. The second-order valence-corrected chi connectivity index (χ2v) is 5.66. The topological polar surface area (TPSA) is 63.8 Å². The van der Waals surface area contributed by atoms with Gasteiger partial charge in [-0.15, -0.1) is 0 Å². The molecule has 2 aromatic heterocycles. The molecular weight excluding hydrogens is 328 g/mol. The molecule has 3 N–H and O–H groups in total. The van der Waals surface area contributed by atoms with E-state index in [1.807, 2.05) is 42.6 Å². The molecule has 0 aliphatic rings. The third kappa shape index (κ3) is 3.13. The maximum Gasteiger partial charge on any atom is 0.0743 e. The number of nitrogens with two attached hydrogens (primary N) is 1. The first kappa shape index (κ1) is 13.8. The Balaban J connectivity index is 1.83. The molecule has 0 radical (unpaired) electrons. The fraction of sp³-hybridized carbons (Fsp3) is 0.125. The van der Waals surface area contributed by atoms with E-state index in [0.29, 0.717) is 5.69 Å². The Morgan fingerprint density at radius 2 is 2.05 bits per heavy atom. The monoisotopic (exact) mass is 342 g/mol. The molecule has 0 fully saturated rings. The minimum atomic E-state index is 0.654. The zero-order chi connectivity index (χ0) is 14.7. The average Bonchev–Trinajstić information content (AvgIpc) is 2.50. The predicted octanol–water partition coefficient (Wildman–Crippen LogP) is 3.63. The van der Waals surface area contributed by atoms with E-state index in [4.69, 9.17) is 5.73 Å². The fourth-order valence-electron chi connectivity index (χ4n) is 2.24. The third-order valence-electron chi connectivity index (χ3n) is 3.27. The van der Waals surface area contributed by atoms with Gasteiger partial charge in [-0.2, -0.15) is 0 Å². The van der Waals surface area contributed by atoms with Gasteiger partial charge in [-0.1, -0.05) is 22.0 Å². The van der Waals surface area contributed by atoms with Gasteiger partial charge in [0.25, 0.3) is 0 Å². The van der Waals surface area contributed by atoms with Crippen LogP contribution in [0.1, 0.15) is 5.69 Å². The first-order valence-corrected chi connectivity index (χ1v) is 7.51. The van der Waals surface area contributed by atoms with Crippen molar-refractivity contribution in [1.82, 2.24) is 9.97 Å². The van der Waals surface area contributed by atoms with E-state index in [2.05, 4.69) is 31.2 Å². The van der Waals surface area contributed by atoms with Gasteiger partial charge in [0.05, 0.1) is 23.1 Å². The largest absolute Gasteiger partial charge is 0.396 e. The van der Waals surface area contributed by atoms with Crippen LogP contribution in [0.3, 0.4) is 0 Å². The molecule has 0 atom stereocenters. The highest BCUT2D eigenvalue weighted by atomic mass is 79.9. The van der Waals surface area contributed by atoms with E-state index in [1.165, 1.54) is 0 Å². The highest BCUT2D eigenvalue weighted by Crippen LogP contribution is 2.29. The van der Waals surface area contributed by atoms with Crippen molar-refractivity contribution in [3.05, 3.63) is 59.0 Å². The van der Waals surface area contributed by atoms with Crippen molar-refractivity contribution in [2.45, 2.75) is 6.42 Å². The molecule has 3 rings (SSSR count). The normalized spacial score (nSPS) is 10.7. The SMILES string of the molecule is Nc1cnc2ccc(Br)cc2c1NCCc1ccccn1. The van der Waals surface area contributed by atoms with Crippen LogP contribution in [0.2, 0.25) is 0 Å². The molecule has 0 amide bonds. The number of nitrogens with zero attached hydrogens (tertiary/aromatic N) is 2. The van der Waals surface area contributed by atoms with Crippen LogP contribution in [0.15, 0.2) is 53.3 Å². The van der Waals surface area contributed by atoms with Crippen LogP contribution in [0.4, 0.5) is 11.4 Å². The fourth-order valence-corrected chi connectivity index (χ4v) is 2.60. The molecule has 5 heteroatoms. The van der Waals surface area contributed by atoms with Gasteiger partial charge >= 0.3 is 0 Å². The molecule has 21 heavy (non-hydrogen) atoms. The summed E-state index contributed by atoms with van der Waals surface area (Å²) in [5.41, 5.74) is 9.62. The van der Waals surface area contributed by atoms with Gasteiger partial charge in [0.15, 0.2) is 0 Å². The van der Waals surface area contributed by atoms with E-state index >= 15 is 0 Å². The summed E-state index contributed by atoms with van der Waals surface area (Å²) >= 11 is 3.49. The first-order valence-electron chi connectivity index (χ1n) is 6.71. The number of nitrogens with one attached hydrogen (secondary N) is 1. The smallest absolute Gasteiger partial charge is 0.0743 e. The molecule has 0 spiro atoms. The number of hydrogen-bond acceptors (Lipinski definition) is 4. The van der Waals surface area contributed by atoms with Crippen LogP contribution >= 0.6 is 15.9 Å². The van der Waals surface area contributed by atoms with Crippen LogP contribution < -0.4 is 11.1 Å². The quantitative estimate of drug-likeness (QED) is 0.759. The minimum Gasteiger partial charge on any atom is -0.396 e. The molecule has 2 heterocycles. The van der Waals surface area contributed by atoms with Crippen molar-refractivity contribution in [3.63, 3.8) is 0 Å². The lowest BCUT2D eigenvalue weighted by atomic mass is 10.1. The number of nitrogen functional groups attached to an aromatic ring is 1. The van der Waals surface area contributed by atoms with Gasteiger partial charge < -0.3 is 11.1 Å². The lowest BCUT2D eigenvalue weighted by Crippen LogP contribution is -2.08. The van der Waals surface area contributed by atoms with E-state index in [0.717, 1.165) is 39.7 Å². The lowest BCUT2D eigenvalue weighted by Gasteiger charge is -2.12. The number of rotatable bonds is 4. The molecule has 0 aliphatic carbocycles. The van der Waals surface area contributed by atoms with Crippen LogP contribution in [-0.2, 0) is 6.42 Å². The van der Waals surface area contributed by atoms with Crippen molar-refractivity contribution in [1.29, 1.82) is 0 Å². The summed E-state index contributed by atoms with van der Waals surface area (Å²) in [4.78, 5) is 8.67. The second-order valence-electron chi connectivity index (χ2n) is 4.75. The third-order valence-corrected chi connectivity index (χ3v) is 3.76. The van der Waals surface area contributed by atoms with E-state index in [1.54, 1.807) is 6.20 Å². The molecule has 0 unspecified atom stereocenters. The zero-order valence-corrected chi connectivity index (χ0v) is 13.0. The predicted molar refractivity (Wildman–Crippen MR) is 90.3 cm³/mol. The highest BCUT2D eigenvalue weighted by Gasteiger charge is 2.07. The van der Waals surface area contributed by atoms with Crippen molar-refractivity contribution in [2.75, 3.05) is 17.6 Å². The molecule has 0 bridgehead atoms. The number of halogens is 1. The molecule has 0 saturated carbocycles. The molecule has 4 nitrogen and oxygen atoms in total. The standard InChI is InChI=1S/C16H15BrN4/c17-11-4-5-15-13(9-11)16(14(18)10-21-15)20-8-6-12-3-1-2-7-19-12/h1-5,7,9-10H,6,8,18H2,(H,20,21). The van der Waals surface area contributed by atoms with Gasteiger partial charge in [0.2, 0.25) is 0 Å². The van der Waals surface area contributed by atoms with Gasteiger partial charge in [0.1, 0.15) is 0 Å². The molecule has 1 aromatic carbocycles. The summed E-state index contributed by atoms with van der Waals surface area (Å²) in [6, 6.07) is 11.9. The van der Waals surface area contributed by atoms with Gasteiger partial charge in [0, 0.05) is 34.7 Å². The van der Waals surface area contributed by atoms with Crippen molar-refractivity contribution in [3.8, 4) is 0 Å². The lowest BCUT2D eigenvalue weighted by molar-refractivity contribution is 0.963. The summed E-state index contributed by atoms with van der Waals surface area (Å²) in [5.74, 6) is 0. The summed E-state index contributed by atoms with van der Waals surface area (Å²) in [6.45, 7) is 0.771. The number of aromatic nitrogens is 2. The molecule has 3 aromatic rings. The number of benzene rings is 1. The maximum atomic E-state index is 6.06. The van der Waals surface area contributed by atoms with Crippen LogP contribution in [-0.4, -0.2) is 16.5 Å². The van der Waals surface area contributed by atoms with Crippen LogP contribution in [0.25, 0.3) is 10.9 Å². The number of fused-ring (bicyclic) bond motifs is 1.